The van der Waals surface area contributed by atoms with Crippen LogP contribution in [0, 0.1) is 0 Å². The number of hydrogen-bond acceptors (Lipinski definition) is 2. The van der Waals surface area contributed by atoms with Gasteiger partial charge in [0.1, 0.15) is 0 Å². The first-order valence-electron chi connectivity index (χ1n) is 5.63. The van der Waals surface area contributed by atoms with Crippen molar-refractivity contribution in [2.75, 3.05) is 11.9 Å². The standard InChI is InChI=1S/C13H14BrNOS/c14-7-3-4-8-15-13(16)11-9-17-12-6-2-1-5-10(11)12/h1-2,5-6,9H,3-4,7-8H2,(H,15,16). The van der Waals surface area contributed by atoms with Gasteiger partial charge in [-0.15, -0.1) is 11.3 Å². The fraction of sp³-hybridized carbons (Fsp3) is 0.308. The van der Waals surface area contributed by atoms with E-state index >= 15 is 0 Å². The van der Waals surface area contributed by atoms with Crippen molar-refractivity contribution in [2.24, 2.45) is 0 Å². The Morgan fingerprint density at radius 1 is 1.29 bits per heavy atom. The van der Waals surface area contributed by atoms with Gasteiger partial charge in [-0.25, -0.2) is 0 Å². The molecule has 17 heavy (non-hydrogen) atoms. The fourth-order valence-corrected chi connectivity index (χ4v) is 3.01. The minimum Gasteiger partial charge on any atom is -0.352 e. The lowest BCUT2D eigenvalue weighted by Gasteiger charge is -2.03. The first-order valence-corrected chi connectivity index (χ1v) is 7.63. The van der Waals surface area contributed by atoms with Crippen LogP contribution in [0.15, 0.2) is 29.6 Å². The van der Waals surface area contributed by atoms with Crippen LogP contribution in [-0.2, 0) is 0 Å². The molecule has 2 rings (SSSR count). The molecule has 2 nitrogen and oxygen atoms in total. The highest BCUT2D eigenvalue weighted by Crippen LogP contribution is 2.25. The van der Waals surface area contributed by atoms with Gasteiger partial charge in [-0.3, -0.25) is 4.79 Å². The zero-order chi connectivity index (χ0) is 12.1. The summed E-state index contributed by atoms with van der Waals surface area (Å²) in [7, 11) is 0. The minimum atomic E-state index is 0.0389. The molecular formula is C13H14BrNOS. The molecule has 1 aromatic heterocycles. The molecule has 0 radical (unpaired) electrons. The molecule has 0 aliphatic heterocycles. The van der Waals surface area contributed by atoms with Gasteiger partial charge in [-0.05, 0) is 18.9 Å². The van der Waals surface area contributed by atoms with Crippen LogP contribution < -0.4 is 5.32 Å². The van der Waals surface area contributed by atoms with E-state index in [9.17, 15) is 4.79 Å². The minimum absolute atomic E-state index is 0.0389. The number of unbranched alkanes of at least 4 members (excludes halogenated alkanes) is 1. The predicted molar refractivity (Wildman–Crippen MR) is 77.2 cm³/mol. The Bertz CT molecular complexity index is 509. The number of carbonyl (C=O) groups excluding carboxylic acids is 1. The van der Waals surface area contributed by atoms with Crippen molar-refractivity contribution in [2.45, 2.75) is 12.8 Å². The molecule has 0 fully saturated rings. The van der Waals surface area contributed by atoms with E-state index in [1.54, 1.807) is 11.3 Å². The van der Waals surface area contributed by atoms with Gasteiger partial charge in [-0.2, -0.15) is 0 Å². The zero-order valence-corrected chi connectivity index (χ0v) is 11.8. The highest BCUT2D eigenvalue weighted by Gasteiger charge is 2.10. The molecular weight excluding hydrogens is 298 g/mol. The second-order valence-corrected chi connectivity index (χ2v) is 5.50. The van der Waals surface area contributed by atoms with Gasteiger partial charge in [0.25, 0.3) is 5.91 Å². The maximum atomic E-state index is 12.0. The number of fused-ring (bicyclic) bond motifs is 1. The number of halogens is 1. The number of benzene rings is 1. The van der Waals surface area contributed by atoms with Gasteiger partial charge >= 0.3 is 0 Å². The van der Waals surface area contributed by atoms with Crippen LogP contribution in [0.2, 0.25) is 0 Å². The number of amides is 1. The van der Waals surface area contributed by atoms with Crippen LogP contribution in [0.25, 0.3) is 10.1 Å². The predicted octanol–water partition coefficient (Wildman–Crippen LogP) is 3.81. The topological polar surface area (TPSA) is 29.1 Å². The molecule has 1 aromatic carbocycles. The molecule has 1 amide bonds. The maximum Gasteiger partial charge on any atom is 0.252 e. The molecule has 0 atom stereocenters. The number of alkyl halides is 1. The average molecular weight is 312 g/mol. The lowest BCUT2D eigenvalue weighted by molar-refractivity contribution is 0.0955. The number of thiophene rings is 1. The Labute approximate surface area is 113 Å². The monoisotopic (exact) mass is 311 g/mol. The van der Waals surface area contributed by atoms with Gasteiger partial charge in [0.05, 0.1) is 5.56 Å². The van der Waals surface area contributed by atoms with E-state index in [4.69, 9.17) is 0 Å². The van der Waals surface area contributed by atoms with Crippen molar-refractivity contribution in [3.63, 3.8) is 0 Å². The van der Waals surface area contributed by atoms with E-state index in [2.05, 4.69) is 21.2 Å². The number of carbonyl (C=O) groups is 1. The van der Waals surface area contributed by atoms with Gasteiger partial charge in [0.2, 0.25) is 0 Å². The van der Waals surface area contributed by atoms with Crippen molar-refractivity contribution in [1.29, 1.82) is 0 Å². The molecule has 0 bridgehead atoms. The normalized spacial score (nSPS) is 10.6. The second kappa shape index (κ2) is 6.17. The van der Waals surface area contributed by atoms with Crippen molar-refractivity contribution in [3.8, 4) is 0 Å². The summed E-state index contributed by atoms with van der Waals surface area (Å²) in [6, 6.07) is 8.01. The molecule has 4 heteroatoms. The molecule has 1 N–H and O–H groups in total. The number of nitrogens with one attached hydrogen (secondary N) is 1. The lowest BCUT2D eigenvalue weighted by Crippen LogP contribution is -2.24. The maximum absolute atomic E-state index is 12.0. The molecule has 0 aliphatic carbocycles. The first kappa shape index (κ1) is 12.6. The number of hydrogen-bond donors (Lipinski definition) is 1. The molecule has 0 saturated heterocycles. The summed E-state index contributed by atoms with van der Waals surface area (Å²) in [5, 5.41) is 6.94. The van der Waals surface area contributed by atoms with Gasteiger partial charge < -0.3 is 5.32 Å². The van der Waals surface area contributed by atoms with Crippen LogP contribution in [-0.4, -0.2) is 17.8 Å². The lowest BCUT2D eigenvalue weighted by atomic mass is 10.1. The third kappa shape index (κ3) is 3.07. The van der Waals surface area contributed by atoms with Gasteiger partial charge in [0.15, 0.2) is 0 Å². The summed E-state index contributed by atoms with van der Waals surface area (Å²) in [4.78, 5) is 12.0. The number of rotatable bonds is 5. The quantitative estimate of drug-likeness (QED) is 0.660. The van der Waals surface area contributed by atoms with E-state index in [-0.39, 0.29) is 5.91 Å². The Morgan fingerprint density at radius 3 is 2.94 bits per heavy atom. The SMILES string of the molecule is O=C(NCCCCBr)c1csc2ccccc12. The van der Waals surface area contributed by atoms with E-state index in [0.717, 1.165) is 40.4 Å². The second-order valence-electron chi connectivity index (χ2n) is 3.80. The molecule has 1 heterocycles. The van der Waals surface area contributed by atoms with Crippen molar-refractivity contribution in [1.82, 2.24) is 5.32 Å². The Balaban J connectivity index is 2.04. The summed E-state index contributed by atoms with van der Waals surface area (Å²) in [5.74, 6) is 0.0389. The van der Waals surface area contributed by atoms with E-state index in [1.807, 2.05) is 29.6 Å². The smallest absolute Gasteiger partial charge is 0.252 e. The molecule has 0 saturated carbocycles. The molecule has 90 valence electrons. The summed E-state index contributed by atoms with van der Waals surface area (Å²) in [5.41, 5.74) is 0.796. The Hall–Kier alpha value is -0.870. The van der Waals surface area contributed by atoms with Crippen LogP contribution in [0.3, 0.4) is 0 Å². The molecule has 0 unspecified atom stereocenters. The van der Waals surface area contributed by atoms with Gasteiger partial charge in [-0.1, -0.05) is 34.1 Å². The third-order valence-electron chi connectivity index (χ3n) is 2.57. The van der Waals surface area contributed by atoms with E-state index in [1.165, 1.54) is 0 Å². The summed E-state index contributed by atoms with van der Waals surface area (Å²) in [6.45, 7) is 0.745. The van der Waals surface area contributed by atoms with E-state index in [0.29, 0.717) is 0 Å². The van der Waals surface area contributed by atoms with Crippen LogP contribution in [0.5, 0.6) is 0 Å². The highest BCUT2D eigenvalue weighted by molar-refractivity contribution is 9.09. The van der Waals surface area contributed by atoms with Crippen LogP contribution in [0.1, 0.15) is 23.2 Å². The Kier molecular flexibility index (Phi) is 4.57. The van der Waals surface area contributed by atoms with Crippen molar-refractivity contribution >= 4 is 43.3 Å². The summed E-state index contributed by atoms with van der Waals surface area (Å²) < 4.78 is 1.16. The van der Waals surface area contributed by atoms with Crippen LogP contribution >= 0.6 is 27.3 Å². The molecule has 0 aliphatic rings. The van der Waals surface area contributed by atoms with Crippen molar-refractivity contribution < 1.29 is 4.79 Å². The largest absolute Gasteiger partial charge is 0.352 e. The van der Waals surface area contributed by atoms with Crippen LogP contribution in [0.4, 0.5) is 0 Å². The Morgan fingerprint density at radius 2 is 2.12 bits per heavy atom. The van der Waals surface area contributed by atoms with Gasteiger partial charge in [0, 0.05) is 27.3 Å². The zero-order valence-electron chi connectivity index (χ0n) is 9.41. The summed E-state index contributed by atoms with van der Waals surface area (Å²) >= 11 is 4.99. The first-order chi connectivity index (χ1) is 8.33. The highest BCUT2D eigenvalue weighted by atomic mass is 79.9. The van der Waals surface area contributed by atoms with Crippen molar-refractivity contribution in [3.05, 3.63) is 35.2 Å². The fourth-order valence-electron chi connectivity index (χ4n) is 1.67. The summed E-state index contributed by atoms with van der Waals surface area (Å²) in [6.07, 6.45) is 2.10. The average Bonchev–Trinajstić information content (AvgIpc) is 2.78. The molecule has 2 aromatic rings. The third-order valence-corrected chi connectivity index (χ3v) is 4.10. The van der Waals surface area contributed by atoms with E-state index < -0.39 is 0 Å². The molecule has 0 spiro atoms.